The zero-order valence-corrected chi connectivity index (χ0v) is 18.2. The second-order valence-electron chi connectivity index (χ2n) is 7.22. The monoisotopic (exact) mass is 453 g/mol. The van der Waals surface area contributed by atoms with E-state index in [9.17, 15) is 18.0 Å². The van der Waals surface area contributed by atoms with Gasteiger partial charge in [0.1, 0.15) is 5.76 Å². The number of ether oxygens (including phenoxy) is 1. The lowest BCUT2D eigenvalue weighted by Crippen LogP contribution is -2.43. The normalized spacial score (nSPS) is 17.6. The molecule has 3 rings (SSSR count). The second kappa shape index (κ2) is 9.66. The highest BCUT2D eigenvalue weighted by atomic mass is 35.5. The zero-order chi connectivity index (χ0) is 21.7. The highest BCUT2D eigenvalue weighted by molar-refractivity contribution is 7.91. The number of furan rings is 1. The van der Waals surface area contributed by atoms with Gasteiger partial charge >= 0.3 is 5.97 Å². The van der Waals surface area contributed by atoms with E-state index in [4.69, 9.17) is 20.8 Å². The van der Waals surface area contributed by atoms with Gasteiger partial charge in [0, 0.05) is 18.2 Å². The highest BCUT2D eigenvalue weighted by Gasteiger charge is 2.34. The summed E-state index contributed by atoms with van der Waals surface area (Å²) in [4.78, 5) is 26.5. The van der Waals surface area contributed by atoms with Gasteiger partial charge in [-0.25, -0.2) is 13.2 Å². The highest BCUT2D eigenvalue weighted by Crippen LogP contribution is 2.29. The quantitative estimate of drug-likeness (QED) is 0.567. The molecule has 1 fully saturated rings. The molecule has 1 aromatic carbocycles. The Morgan fingerprint density at radius 2 is 2.00 bits per heavy atom. The van der Waals surface area contributed by atoms with Gasteiger partial charge in [-0.2, -0.15) is 0 Å². The van der Waals surface area contributed by atoms with Crippen LogP contribution in [0.4, 0.5) is 0 Å². The van der Waals surface area contributed by atoms with Gasteiger partial charge in [0.05, 0.1) is 16.5 Å². The minimum absolute atomic E-state index is 0.0405. The van der Waals surface area contributed by atoms with E-state index in [-0.39, 0.29) is 23.3 Å². The number of esters is 1. The summed E-state index contributed by atoms with van der Waals surface area (Å²) in [5.74, 6) is -0.769. The van der Waals surface area contributed by atoms with Crippen molar-refractivity contribution in [3.63, 3.8) is 0 Å². The van der Waals surface area contributed by atoms with E-state index in [1.807, 2.05) is 6.92 Å². The number of rotatable bonds is 8. The van der Waals surface area contributed by atoms with Gasteiger partial charge in [-0.1, -0.05) is 37.1 Å². The van der Waals surface area contributed by atoms with E-state index in [0.717, 1.165) is 12.8 Å². The Morgan fingerprint density at radius 1 is 1.23 bits per heavy atom. The molecule has 1 aliphatic rings. The third-order valence-corrected chi connectivity index (χ3v) is 7.08. The Balaban J connectivity index is 1.62. The van der Waals surface area contributed by atoms with Crippen molar-refractivity contribution in [2.75, 3.05) is 24.7 Å². The molecule has 0 N–H and O–H groups in total. The van der Waals surface area contributed by atoms with Crippen molar-refractivity contribution in [1.29, 1.82) is 0 Å². The lowest BCUT2D eigenvalue weighted by molar-refractivity contribution is -0.136. The standard InChI is InChI=1S/C21H24ClNO6S/c1-2-3-11-23(15-10-12-30(26,27)14-15)20(24)13-28-21(25)19-9-8-18(29-19)16-6-4-5-7-17(16)22/h4-9,15H,2-3,10-14H2,1H3. The maximum Gasteiger partial charge on any atom is 0.374 e. The number of carbonyl (C=O) groups excluding carboxylic acids is 2. The molecular formula is C21H24ClNO6S. The maximum atomic E-state index is 12.7. The summed E-state index contributed by atoms with van der Waals surface area (Å²) in [6.07, 6.45) is 2.01. The summed E-state index contributed by atoms with van der Waals surface area (Å²) in [5, 5.41) is 0.486. The lowest BCUT2D eigenvalue weighted by atomic mass is 10.2. The van der Waals surface area contributed by atoms with Gasteiger partial charge in [0.25, 0.3) is 5.91 Å². The minimum atomic E-state index is -3.13. The van der Waals surface area contributed by atoms with Gasteiger partial charge in [-0.05, 0) is 37.1 Å². The Hall–Kier alpha value is -2.32. The summed E-state index contributed by atoms with van der Waals surface area (Å²) in [7, 11) is -3.13. The molecule has 1 unspecified atom stereocenters. The van der Waals surface area contributed by atoms with Crippen LogP contribution in [0.15, 0.2) is 40.8 Å². The first-order valence-electron chi connectivity index (χ1n) is 9.82. The summed E-state index contributed by atoms with van der Waals surface area (Å²) in [6.45, 7) is 1.95. The molecule has 0 saturated carbocycles. The van der Waals surface area contributed by atoms with Crippen molar-refractivity contribution in [3.8, 4) is 11.3 Å². The summed E-state index contributed by atoms with van der Waals surface area (Å²) >= 11 is 6.14. The molecule has 2 heterocycles. The predicted molar refractivity (Wildman–Crippen MR) is 113 cm³/mol. The molecule has 0 radical (unpaired) electrons. The Labute approximate surface area is 180 Å². The second-order valence-corrected chi connectivity index (χ2v) is 9.85. The van der Waals surface area contributed by atoms with Gasteiger partial charge in [0.2, 0.25) is 5.76 Å². The van der Waals surface area contributed by atoms with Crippen LogP contribution >= 0.6 is 11.6 Å². The minimum Gasteiger partial charge on any atom is -0.450 e. The van der Waals surface area contributed by atoms with E-state index in [2.05, 4.69) is 0 Å². The van der Waals surface area contributed by atoms with Crippen molar-refractivity contribution in [3.05, 3.63) is 47.2 Å². The molecule has 0 aliphatic carbocycles. The number of hydrogen-bond donors (Lipinski definition) is 0. The SMILES string of the molecule is CCCCN(C(=O)COC(=O)c1ccc(-c2ccccc2Cl)o1)C1CCS(=O)(=O)C1. The van der Waals surface area contributed by atoms with Crippen LogP contribution in [0, 0.1) is 0 Å². The zero-order valence-electron chi connectivity index (χ0n) is 16.7. The number of carbonyl (C=O) groups is 2. The van der Waals surface area contributed by atoms with Crippen LogP contribution in [0.25, 0.3) is 11.3 Å². The van der Waals surface area contributed by atoms with Gasteiger partial charge in [0.15, 0.2) is 16.4 Å². The number of hydrogen-bond acceptors (Lipinski definition) is 6. The van der Waals surface area contributed by atoms with E-state index < -0.39 is 28.3 Å². The third kappa shape index (κ3) is 5.43. The van der Waals surface area contributed by atoms with Gasteiger partial charge in [-0.3, -0.25) is 4.79 Å². The summed E-state index contributed by atoms with van der Waals surface area (Å²) < 4.78 is 34.3. The average Bonchev–Trinajstić information content (AvgIpc) is 3.33. The first kappa shape index (κ1) is 22.4. The predicted octanol–water partition coefficient (Wildman–Crippen LogP) is 3.57. The van der Waals surface area contributed by atoms with Crippen LogP contribution in [0.5, 0.6) is 0 Å². The molecule has 1 atom stereocenters. The van der Waals surface area contributed by atoms with Crippen LogP contribution in [-0.2, 0) is 19.4 Å². The fourth-order valence-corrected chi connectivity index (χ4v) is 5.35. The number of halogens is 1. The van der Waals surface area contributed by atoms with Crippen molar-refractivity contribution in [2.24, 2.45) is 0 Å². The Bertz CT molecular complexity index is 1020. The average molecular weight is 454 g/mol. The van der Waals surface area contributed by atoms with Crippen LogP contribution in [0.3, 0.4) is 0 Å². The van der Waals surface area contributed by atoms with Crippen LogP contribution in [0.1, 0.15) is 36.7 Å². The smallest absolute Gasteiger partial charge is 0.374 e. The molecule has 162 valence electrons. The van der Waals surface area contributed by atoms with Gasteiger partial charge in [-0.15, -0.1) is 0 Å². The van der Waals surface area contributed by atoms with E-state index in [1.165, 1.54) is 11.0 Å². The molecule has 1 aliphatic heterocycles. The fourth-order valence-electron chi connectivity index (χ4n) is 3.40. The molecule has 0 spiro atoms. The maximum absolute atomic E-state index is 12.7. The first-order valence-corrected chi connectivity index (χ1v) is 12.0. The molecule has 0 bridgehead atoms. The molecule has 2 aromatic rings. The summed E-state index contributed by atoms with van der Waals surface area (Å²) in [5.41, 5.74) is 0.641. The Morgan fingerprint density at radius 3 is 2.67 bits per heavy atom. The molecule has 30 heavy (non-hydrogen) atoms. The lowest BCUT2D eigenvalue weighted by Gasteiger charge is -2.28. The fraction of sp³-hybridized carbons (Fsp3) is 0.429. The summed E-state index contributed by atoms with van der Waals surface area (Å²) in [6, 6.07) is 9.76. The number of benzene rings is 1. The molecule has 1 aromatic heterocycles. The molecule has 1 saturated heterocycles. The van der Waals surface area contributed by atoms with Crippen molar-refractivity contribution < 1.29 is 27.2 Å². The van der Waals surface area contributed by atoms with E-state index in [1.54, 1.807) is 30.3 Å². The van der Waals surface area contributed by atoms with Crippen LogP contribution in [0.2, 0.25) is 5.02 Å². The van der Waals surface area contributed by atoms with Crippen molar-refractivity contribution >= 4 is 33.3 Å². The molecule has 1 amide bonds. The van der Waals surface area contributed by atoms with Gasteiger partial charge < -0.3 is 14.1 Å². The van der Waals surface area contributed by atoms with Crippen molar-refractivity contribution in [2.45, 2.75) is 32.2 Å². The number of unbranched alkanes of at least 4 members (excludes halogenated alkanes) is 1. The molecule has 9 heteroatoms. The first-order chi connectivity index (χ1) is 14.3. The third-order valence-electron chi connectivity index (χ3n) is 5.00. The molecular weight excluding hydrogens is 430 g/mol. The molecule has 7 nitrogen and oxygen atoms in total. The number of nitrogens with zero attached hydrogens (tertiary/aromatic N) is 1. The van der Waals surface area contributed by atoms with Crippen LogP contribution < -0.4 is 0 Å². The van der Waals surface area contributed by atoms with E-state index >= 15 is 0 Å². The van der Waals surface area contributed by atoms with Crippen molar-refractivity contribution in [1.82, 2.24) is 4.90 Å². The van der Waals surface area contributed by atoms with E-state index in [0.29, 0.717) is 29.3 Å². The Kier molecular flexibility index (Phi) is 7.20. The topological polar surface area (TPSA) is 93.9 Å². The number of sulfone groups is 1. The largest absolute Gasteiger partial charge is 0.450 e. The van der Waals surface area contributed by atoms with Crippen LogP contribution in [-0.4, -0.2) is 55.9 Å². The number of amides is 1.